The molecule has 0 bridgehead atoms. The highest BCUT2D eigenvalue weighted by Crippen LogP contribution is 2.24. The van der Waals surface area contributed by atoms with Crippen molar-refractivity contribution in [1.82, 2.24) is 5.32 Å². The van der Waals surface area contributed by atoms with Crippen molar-refractivity contribution >= 4 is 17.2 Å². The van der Waals surface area contributed by atoms with Gasteiger partial charge in [-0.2, -0.15) is 0 Å². The van der Waals surface area contributed by atoms with Crippen molar-refractivity contribution in [3.8, 4) is 0 Å². The van der Waals surface area contributed by atoms with Crippen LogP contribution in [-0.2, 0) is 16.8 Å². The van der Waals surface area contributed by atoms with Crippen LogP contribution >= 0.6 is 11.3 Å². The van der Waals surface area contributed by atoms with E-state index < -0.39 is 5.60 Å². The minimum Gasteiger partial charge on any atom is -0.383 e. The van der Waals surface area contributed by atoms with E-state index in [-0.39, 0.29) is 12.5 Å². The van der Waals surface area contributed by atoms with Crippen LogP contribution in [0.5, 0.6) is 0 Å². The standard InChI is InChI=1S/C16H19NO2S/c1-16(19,14-8-5-11-20-14)12-17-15(18)10-9-13-6-3-2-4-7-13/h2-8,11,19H,9-10,12H2,1H3,(H,17,18)/t16-/m1/s1. The number of nitrogens with one attached hydrogen (secondary N) is 1. The van der Waals surface area contributed by atoms with Crippen molar-refractivity contribution in [3.05, 3.63) is 58.3 Å². The van der Waals surface area contributed by atoms with Crippen molar-refractivity contribution < 1.29 is 9.90 Å². The van der Waals surface area contributed by atoms with Crippen LogP contribution < -0.4 is 5.32 Å². The Balaban J connectivity index is 1.78. The molecular weight excluding hydrogens is 270 g/mol. The summed E-state index contributed by atoms with van der Waals surface area (Å²) >= 11 is 1.49. The van der Waals surface area contributed by atoms with Crippen LogP contribution in [0.25, 0.3) is 0 Å². The number of thiophene rings is 1. The van der Waals surface area contributed by atoms with Gasteiger partial charge >= 0.3 is 0 Å². The molecule has 0 aliphatic carbocycles. The Morgan fingerprint density at radius 1 is 1.25 bits per heavy atom. The molecular formula is C16H19NO2S. The number of hydrogen-bond acceptors (Lipinski definition) is 3. The molecule has 1 aromatic carbocycles. The quantitative estimate of drug-likeness (QED) is 0.859. The molecule has 1 amide bonds. The van der Waals surface area contributed by atoms with E-state index in [0.29, 0.717) is 12.8 Å². The van der Waals surface area contributed by atoms with E-state index in [4.69, 9.17) is 0 Å². The number of carbonyl (C=O) groups is 1. The Hall–Kier alpha value is -1.65. The molecule has 2 aromatic rings. The molecule has 0 aliphatic rings. The predicted octanol–water partition coefficient (Wildman–Crippen LogP) is 2.70. The first kappa shape index (κ1) is 14.8. The highest BCUT2D eigenvalue weighted by Gasteiger charge is 2.24. The highest BCUT2D eigenvalue weighted by molar-refractivity contribution is 7.10. The summed E-state index contributed by atoms with van der Waals surface area (Å²) in [6.07, 6.45) is 1.15. The lowest BCUT2D eigenvalue weighted by Gasteiger charge is -2.22. The Morgan fingerprint density at radius 2 is 2.00 bits per heavy atom. The fraction of sp³-hybridized carbons (Fsp3) is 0.312. The summed E-state index contributed by atoms with van der Waals surface area (Å²) < 4.78 is 0. The van der Waals surface area contributed by atoms with E-state index >= 15 is 0 Å². The van der Waals surface area contributed by atoms with Crippen molar-refractivity contribution in [2.24, 2.45) is 0 Å². The van der Waals surface area contributed by atoms with Crippen LogP contribution in [0.2, 0.25) is 0 Å². The van der Waals surface area contributed by atoms with Crippen molar-refractivity contribution in [2.45, 2.75) is 25.4 Å². The van der Waals surface area contributed by atoms with E-state index in [1.54, 1.807) is 6.92 Å². The maximum atomic E-state index is 11.8. The SMILES string of the molecule is C[C@@](O)(CNC(=O)CCc1ccccc1)c1cccs1. The number of hydrogen-bond donors (Lipinski definition) is 2. The normalized spacial score (nSPS) is 13.7. The lowest BCUT2D eigenvalue weighted by molar-refractivity contribution is -0.122. The fourth-order valence-electron chi connectivity index (χ4n) is 1.93. The van der Waals surface area contributed by atoms with Gasteiger partial charge in [0.1, 0.15) is 5.60 Å². The van der Waals surface area contributed by atoms with Crippen LogP contribution in [0.15, 0.2) is 47.8 Å². The van der Waals surface area contributed by atoms with Gasteiger partial charge in [0.2, 0.25) is 5.91 Å². The summed E-state index contributed by atoms with van der Waals surface area (Å²) in [5.74, 6) is -0.0364. The molecule has 0 radical (unpaired) electrons. The molecule has 1 atom stereocenters. The number of rotatable bonds is 6. The van der Waals surface area contributed by atoms with E-state index in [0.717, 1.165) is 10.4 Å². The maximum absolute atomic E-state index is 11.8. The Kier molecular flexibility index (Phi) is 4.93. The van der Waals surface area contributed by atoms with Crippen LogP contribution in [0.1, 0.15) is 23.8 Å². The average molecular weight is 289 g/mol. The third kappa shape index (κ3) is 4.18. The van der Waals surface area contributed by atoms with Gasteiger partial charge in [-0.25, -0.2) is 0 Å². The Bertz CT molecular complexity index is 535. The number of benzene rings is 1. The number of amides is 1. The number of carbonyl (C=O) groups excluding carboxylic acids is 1. The van der Waals surface area contributed by atoms with Gasteiger partial charge in [0.25, 0.3) is 0 Å². The molecule has 0 spiro atoms. The minimum absolute atomic E-state index is 0.0364. The van der Waals surface area contributed by atoms with E-state index in [1.807, 2.05) is 47.8 Å². The second kappa shape index (κ2) is 6.68. The van der Waals surface area contributed by atoms with Crippen molar-refractivity contribution in [1.29, 1.82) is 0 Å². The number of aliphatic hydroxyl groups is 1. The molecule has 2 N–H and O–H groups in total. The zero-order chi connectivity index (χ0) is 14.4. The molecule has 106 valence electrons. The fourth-order valence-corrected chi connectivity index (χ4v) is 2.72. The monoisotopic (exact) mass is 289 g/mol. The second-order valence-electron chi connectivity index (χ2n) is 5.01. The van der Waals surface area contributed by atoms with Gasteiger partial charge in [0.05, 0.1) is 6.54 Å². The molecule has 20 heavy (non-hydrogen) atoms. The second-order valence-corrected chi connectivity index (χ2v) is 5.96. The molecule has 1 aromatic heterocycles. The van der Waals surface area contributed by atoms with Gasteiger partial charge in [-0.15, -0.1) is 11.3 Å². The van der Waals surface area contributed by atoms with E-state index in [9.17, 15) is 9.90 Å². The first-order chi connectivity index (χ1) is 9.58. The van der Waals surface area contributed by atoms with E-state index in [1.165, 1.54) is 11.3 Å². The smallest absolute Gasteiger partial charge is 0.220 e. The van der Waals surface area contributed by atoms with Crippen LogP contribution in [-0.4, -0.2) is 17.6 Å². The van der Waals surface area contributed by atoms with Gasteiger partial charge in [-0.05, 0) is 30.4 Å². The minimum atomic E-state index is -1.00. The third-order valence-corrected chi connectivity index (χ3v) is 4.29. The summed E-state index contributed by atoms with van der Waals surface area (Å²) in [6.45, 7) is 1.96. The molecule has 3 nitrogen and oxygen atoms in total. The van der Waals surface area contributed by atoms with Gasteiger partial charge in [-0.3, -0.25) is 4.79 Å². The Morgan fingerprint density at radius 3 is 2.65 bits per heavy atom. The predicted molar refractivity (Wildman–Crippen MR) is 81.7 cm³/mol. The van der Waals surface area contributed by atoms with E-state index in [2.05, 4.69) is 5.32 Å². The first-order valence-corrected chi connectivity index (χ1v) is 7.53. The molecule has 0 fully saturated rings. The Labute approximate surface area is 123 Å². The molecule has 0 saturated carbocycles. The third-order valence-electron chi connectivity index (χ3n) is 3.17. The molecule has 1 heterocycles. The summed E-state index contributed by atoms with van der Waals surface area (Å²) in [5.41, 5.74) is 0.143. The highest BCUT2D eigenvalue weighted by atomic mass is 32.1. The summed E-state index contributed by atoms with van der Waals surface area (Å²) in [4.78, 5) is 12.7. The van der Waals surface area contributed by atoms with Gasteiger partial charge in [0.15, 0.2) is 0 Å². The van der Waals surface area contributed by atoms with Crippen LogP contribution in [0, 0.1) is 0 Å². The van der Waals surface area contributed by atoms with Crippen LogP contribution in [0.4, 0.5) is 0 Å². The molecule has 4 heteroatoms. The summed E-state index contributed by atoms with van der Waals surface area (Å²) in [6, 6.07) is 13.7. The molecule has 0 saturated heterocycles. The first-order valence-electron chi connectivity index (χ1n) is 6.65. The topological polar surface area (TPSA) is 49.3 Å². The van der Waals surface area contributed by atoms with Crippen molar-refractivity contribution in [2.75, 3.05) is 6.54 Å². The summed E-state index contributed by atoms with van der Waals surface area (Å²) in [7, 11) is 0. The average Bonchev–Trinajstić information content (AvgIpc) is 2.99. The maximum Gasteiger partial charge on any atom is 0.220 e. The van der Waals surface area contributed by atoms with Crippen LogP contribution in [0.3, 0.4) is 0 Å². The molecule has 0 aliphatic heterocycles. The molecule has 0 unspecified atom stereocenters. The number of aryl methyl sites for hydroxylation is 1. The van der Waals surface area contributed by atoms with Crippen molar-refractivity contribution in [3.63, 3.8) is 0 Å². The summed E-state index contributed by atoms with van der Waals surface area (Å²) in [5, 5.41) is 15.0. The zero-order valence-corrected chi connectivity index (χ0v) is 12.3. The van der Waals surface area contributed by atoms with Gasteiger partial charge < -0.3 is 10.4 Å². The van der Waals surface area contributed by atoms with Gasteiger partial charge in [0, 0.05) is 11.3 Å². The molecule has 2 rings (SSSR count). The lowest BCUT2D eigenvalue weighted by atomic mass is 10.0. The lowest BCUT2D eigenvalue weighted by Crippen LogP contribution is -2.38. The van der Waals surface area contributed by atoms with Gasteiger partial charge in [-0.1, -0.05) is 36.4 Å². The zero-order valence-electron chi connectivity index (χ0n) is 11.5. The largest absolute Gasteiger partial charge is 0.383 e.